The summed E-state index contributed by atoms with van der Waals surface area (Å²) in [6.07, 6.45) is 0. The van der Waals surface area contributed by atoms with Crippen molar-refractivity contribution in [3.8, 4) is 29.4 Å². The van der Waals surface area contributed by atoms with Crippen LogP contribution in [0.4, 0.5) is 0 Å². The van der Waals surface area contributed by atoms with Gasteiger partial charge in [-0.15, -0.1) is 0 Å². The maximum atomic E-state index is 5.64. The summed E-state index contributed by atoms with van der Waals surface area (Å²) >= 11 is 3.46. The summed E-state index contributed by atoms with van der Waals surface area (Å²) in [5, 5.41) is 0. The lowest BCUT2D eigenvalue weighted by Gasteiger charge is -2.07. The van der Waals surface area contributed by atoms with Crippen LogP contribution in [0, 0.1) is 29.6 Å². The summed E-state index contributed by atoms with van der Waals surface area (Å²) in [6, 6.07) is 15.6. The van der Waals surface area contributed by atoms with E-state index >= 15 is 0 Å². The molecular formula is C20H17BrO. The van der Waals surface area contributed by atoms with Crippen LogP contribution in [0.2, 0.25) is 0 Å². The summed E-state index contributed by atoms with van der Waals surface area (Å²) in [6.45, 7) is 4.98. The van der Waals surface area contributed by atoms with E-state index in [2.05, 4.69) is 53.5 Å². The molecule has 2 aromatic carbocycles. The van der Waals surface area contributed by atoms with Crippen LogP contribution in [0.1, 0.15) is 25.0 Å². The lowest BCUT2D eigenvalue weighted by atomic mass is 10.2. The summed E-state index contributed by atoms with van der Waals surface area (Å²) in [4.78, 5) is 0. The molecule has 0 aliphatic rings. The van der Waals surface area contributed by atoms with Crippen LogP contribution in [0.15, 0.2) is 53.0 Å². The second-order valence-corrected chi connectivity index (χ2v) is 6.06. The van der Waals surface area contributed by atoms with E-state index in [-0.39, 0.29) is 0 Å². The fourth-order valence-electron chi connectivity index (χ4n) is 1.66. The molecule has 0 N–H and O–H groups in total. The standard InChI is InChI=1S/C20H17BrO/c1-16(2)15-22-19-13-11-17(12-14-19)7-3-4-8-18-9-5-6-10-20(18)21/h5-6,9-14,16H,15H2,1-2H3. The number of benzene rings is 2. The Balaban J connectivity index is 1.99. The normalized spacial score (nSPS) is 9.45. The third kappa shape index (κ3) is 5.32. The van der Waals surface area contributed by atoms with Gasteiger partial charge in [0.05, 0.1) is 6.61 Å². The Morgan fingerprint density at radius 1 is 0.955 bits per heavy atom. The zero-order chi connectivity index (χ0) is 15.8. The smallest absolute Gasteiger partial charge is 0.119 e. The van der Waals surface area contributed by atoms with E-state index in [1.54, 1.807) is 0 Å². The molecule has 0 fully saturated rings. The third-order valence-corrected chi connectivity index (χ3v) is 3.47. The van der Waals surface area contributed by atoms with Gasteiger partial charge < -0.3 is 4.74 Å². The maximum absolute atomic E-state index is 5.64. The molecule has 0 spiro atoms. The molecule has 2 aromatic rings. The van der Waals surface area contributed by atoms with Gasteiger partial charge in [0.25, 0.3) is 0 Å². The van der Waals surface area contributed by atoms with Crippen LogP contribution >= 0.6 is 15.9 Å². The zero-order valence-electron chi connectivity index (χ0n) is 12.7. The van der Waals surface area contributed by atoms with Gasteiger partial charge in [0.2, 0.25) is 0 Å². The molecular weight excluding hydrogens is 336 g/mol. The first kappa shape index (κ1) is 16.2. The molecule has 2 heteroatoms. The van der Waals surface area contributed by atoms with Crippen molar-refractivity contribution in [3.05, 3.63) is 64.1 Å². The Morgan fingerprint density at radius 2 is 1.64 bits per heavy atom. The van der Waals surface area contributed by atoms with Gasteiger partial charge in [-0.1, -0.05) is 37.8 Å². The highest BCUT2D eigenvalue weighted by atomic mass is 79.9. The lowest BCUT2D eigenvalue weighted by molar-refractivity contribution is 0.271. The van der Waals surface area contributed by atoms with Gasteiger partial charge in [0, 0.05) is 15.6 Å². The molecule has 0 amide bonds. The van der Waals surface area contributed by atoms with Crippen molar-refractivity contribution in [1.82, 2.24) is 0 Å². The Hall–Kier alpha value is -2.16. The molecule has 0 atom stereocenters. The Bertz CT molecular complexity index is 737. The molecule has 110 valence electrons. The first-order chi connectivity index (χ1) is 10.6. The Morgan fingerprint density at radius 3 is 2.32 bits per heavy atom. The SMILES string of the molecule is CC(C)COc1ccc(C#CC#Cc2ccccc2Br)cc1. The number of hydrogen-bond acceptors (Lipinski definition) is 1. The number of ether oxygens (including phenoxy) is 1. The van der Waals surface area contributed by atoms with Crippen molar-refractivity contribution >= 4 is 15.9 Å². The van der Waals surface area contributed by atoms with Gasteiger partial charge in [-0.3, -0.25) is 0 Å². The second-order valence-electron chi connectivity index (χ2n) is 5.21. The van der Waals surface area contributed by atoms with E-state index in [1.807, 2.05) is 48.5 Å². The average molecular weight is 353 g/mol. The molecule has 0 unspecified atom stereocenters. The van der Waals surface area contributed by atoms with E-state index in [4.69, 9.17) is 4.74 Å². The van der Waals surface area contributed by atoms with Crippen LogP contribution < -0.4 is 4.74 Å². The lowest BCUT2D eigenvalue weighted by Crippen LogP contribution is -2.04. The van der Waals surface area contributed by atoms with E-state index in [9.17, 15) is 0 Å². The number of hydrogen-bond donors (Lipinski definition) is 0. The molecule has 0 saturated heterocycles. The van der Waals surface area contributed by atoms with Crippen LogP contribution in [0.5, 0.6) is 5.75 Å². The van der Waals surface area contributed by atoms with Crippen LogP contribution in [0.25, 0.3) is 0 Å². The highest BCUT2D eigenvalue weighted by molar-refractivity contribution is 9.10. The molecule has 0 bridgehead atoms. The van der Waals surface area contributed by atoms with E-state index < -0.39 is 0 Å². The van der Waals surface area contributed by atoms with Crippen molar-refractivity contribution < 1.29 is 4.74 Å². The minimum atomic E-state index is 0.520. The maximum Gasteiger partial charge on any atom is 0.119 e. The minimum Gasteiger partial charge on any atom is -0.493 e. The average Bonchev–Trinajstić information content (AvgIpc) is 2.52. The first-order valence-corrected chi connectivity index (χ1v) is 7.94. The van der Waals surface area contributed by atoms with Gasteiger partial charge in [-0.2, -0.15) is 0 Å². The summed E-state index contributed by atoms with van der Waals surface area (Å²) in [5.41, 5.74) is 1.87. The zero-order valence-corrected chi connectivity index (χ0v) is 14.3. The van der Waals surface area contributed by atoms with Crippen molar-refractivity contribution in [1.29, 1.82) is 0 Å². The molecule has 0 saturated carbocycles. The summed E-state index contributed by atoms with van der Waals surface area (Å²) in [7, 11) is 0. The van der Waals surface area contributed by atoms with Crippen LogP contribution in [0.3, 0.4) is 0 Å². The fraction of sp³-hybridized carbons (Fsp3) is 0.200. The van der Waals surface area contributed by atoms with Crippen molar-refractivity contribution in [2.45, 2.75) is 13.8 Å². The largest absolute Gasteiger partial charge is 0.493 e. The van der Waals surface area contributed by atoms with E-state index in [0.29, 0.717) is 5.92 Å². The van der Waals surface area contributed by atoms with Crippen molar-refractivity contribution in [3.63, 3.8) is 0 Å². The second kappa shape index (κ2) is 8.32. The molecule has 0 heterocycles. The topological polar surface area (TPSA) is 9.23 Å². The van der Waals surface area contributed by atoms with Crippen molar-refractivity contribution in [2.24, 2.45) is 5.92 Å². The molecule has 0 aliphatic carbocycles. The molecule has 0 aliphatic heterocycles. The van der Waals surface area contributed by atoms with Crippen LogP contribution in [-0.4, -0.2) is 6.61 Å². The van der Waals surface area contributed by atoms with Gasteiger partial charge >= 0.3 is 0 Å². The van der Waals surface area contributed by atoms with E-state index in [1.165, 1.54) is 0 Å². The number of halogens is 1. The van der Waals surface area contributed by atoms with Crippen LogP contribution in [-0.2, 0) is 0 Å². The first-order valence-electron chi connectivity index (χ1n) is 7.14. The Kier molecular flexibility index (Phi) is 6.13. The van der Waals surface area contributed by atoms with Gasteiger partial charge in [-0.25, -0.2) is 0 Å². The Labute approximate surface area is 140 Å². The van der Waals surface area contributed by atoms with Crippen molar-refractivity contribution in [2.75, 3.05) is 6.61 Å². The fourth-order valence-corrected chi connectivity index (χ4v) is 2.05. The molecule has 0 radical (unpaired) electrons. The van der Waals surface area contributed by atoms with Gasteiger partial charge in [0.1, 0.15) is 5.75 Å². The predicted molar refractivity (Wildman–Crippen MR) is 94.7 cm³/mol. The summed E-state index contributed by atoms with van der Waals surface area (Å²) in [5.74, 6) is 13.2. The molecule has 22 heavy (non-hydrogen) atoms. The highest BCUT2D eigenvalue weighted by Gasteiger charge is 1.96. The minimum absolute atomic E-state index is 0.520. The molecule has 2 rings (SSSR count). The molecule has 1 nitrogen and oxygen atoms in total. The third-order valence-electron chi connectivity index (χ3n) is 2.78. The summed E-state index contributed by atoms with van der Waals surface area (Å²) < 4.78 is 6.62. The monoisotopic (exact) mass is 352 g/mol. The molecule has 0 aromatic heterocycles. The van der Waals surface area contributed by atoms with Gasteiger partial charge in [0.15, 0.2) is 0 Å². The predicted octanol–water partition coefficient (Wildman–Crippen LogP) is 4.89. The van der Waals surface area contributed by atoms with Gasteiger partial charge in [-0.05, 0) is 70.1 Å². The highest BCUT2D eigenvalue weighted by Crippen LogP contribution is 2.14. The quantitative estimate of drug-likeness (QED) is 0.714. The van der Waals surface area contributed by atoms with E-state index in [0.717, 1.165) is 28.0 Å². The number of rotatable bonds is 3.